The first-order chi connectivity index (χ1) is 19.7. The average molecular weight is 570 g/mol. The number of anilines is 1. The van der Waals surface area contributed by atoms with E-state index in [4.69, 9.17) is 4.98 Å². The fourth-order valence-electron chi connectivity index (χ4n) is 6.73. The molecule has 1 unspecified atom stereocenters. The van der Waals surface area contributed by atoms with Crippen molar-refractivity contribution >= 4 is 33.9 Å². The Balaban J connectivity index is 1.16. The van der Waals surface area contributed by atoms with Crippen molar-refractivity contribution in [2.45, 2.75) is 63.7 Å². The molecule has 0 bridgehead atoms. The summed E-state index contributed by atoms with van der Waals surface area (Å²) in [6.07, 6.45) is 8.42. The van der Waals surface area contributed by atoms with E-state index in [9.17, 15) is 9.35 Å². The Bertz CT molecular complexity index is 1710. The van der Waals surface area contributed by atoms with Gasteiger partial charge in [0.1, 0.15) is 15.8 Å². The predicted molar refractivity (Wildman–Crippen MR) is 162 cm³/mol. The number of nitrogens with zero attached hydrogens (tertiary/aromatic N) is 4. The van der Waals surface area contributed by atoms with Gasteiger partial charge in [0, 0.05) is 52.9 Å². The van der Waals surface area contributed by atoms with Gasteiger partial charge >= 0.3 is 0 Å². The first-order valence-electron chi connectivity index (χ1n) is 14.4. The Hall–Kier alpha value is -3.47. The zero-order valence-corrected chi connectivity index (χ0v) is 24.5. The molecule has 3 aromatic heterocycles. The smallest absolute Gasteiger partial charge is 0.264 e. The number of hydrogen-bond donors (Lipinski definition) is 3. The largest absolute Gasteiger partial charge is 0.598 e. The van der Waals surface area contributed by atoms with Gasteiger partial charge in [-0.25, -0.2) is 0 Å². The molecule has 1 saturated heterocycles. The van der Waals surface area contributed by atoms with Gasteiger partial charge in [-0.1, -0.05) is 36.4 Å². The lowest BCUT2D eigenvalue weighted by Crippen LogP contribution is -2.50. The Morgan fingerprint density at radius 2 is 1.95 bits per heavy atom. The number of aromatic nitrogens is 5. The zero-order chi connectivity index (χ0) is 28.4. The quantitative estimate of drug-likeness (QED) is 0.312. The molecule has 3 aliphatic rings. The number of allylic oxidation sites excluding steroid dienone is 1. The molecule has 2 atom stereocenters. The monoisotopic (exact) mass is 569 g/mol. The van der Waals surface area contributed by atoms with E-state index in [0.29, 0.717) is 22.7 Å². The summed E-state index contributed by atoms with van der Waals surface area (Å²) in [4.78, 5) is 28.1. The average Bonchev–Trinajstić information content (AvgIpc) is 3.52. The number of piperidine rings is 1. The second-order valence-electron chi connectivity index (χ2n) is 12.5. The third-order valence-corrected chi connectivity index (χ3v) is 10.5. The van der Waals surface area contributed by atoms with Crippen LogP contribution in [0.25, 0.3) is 16.6 Å². The molecular formula is C31H35N7O2S. The van der Waals surface area contributed by atoms with E-state index in [1.807, 2.05) is 32.9 Å². The summed E-state index contributed by atoms with van der Waals surface area (Å²) >= 11 is -1.18. The summed E-state index contributed by atoms with van der Waals surface area (Å²) in [7, 11) is 0. The number of aryl methyl sites for hydroxylation is 1. The van der Waals surface area contributed by atoms with Crippen molar-refractivity contribution in [1.29, 1.82) is 0 Å². The van der Waals surface area contributed by atoms with Crippen LogP contribution in [0.3, 0.4) is 0 Å². The molecule has 7 rings (SSSR count). The number of H-pyrrole nitrogens is 2. The molecule has 9 nitrogen and oxygen atoms in total. The molecule has 1 aliphatic heterocycles. The number of hydrogen-bond acceptors (Lipinski definition) is 7. The number of pyridine rings is 1. The van der Waals surface area contributed by atoms with Crippen molar-refractivity contribution in [3.05, 3.63) is 87.1 Å². The van der Waals surface area contributed by atoms with Gasteiger partial charge in [0.2, 0.25) is 5.95 Å². The summed E-state index contributed by atoms with van der Waals surface area (Å²) in [6, 6.07) is 12.5. The van der Waals surface area contributed by atoms with Gasteiger partial charge in [0.15, 0.2) is 5.65 Å². The first kappa shape index (κ1) is 26.4. The minimum absolute atomic E-state index is 0.0201. The molecule has 0 saturated carbocycles. The molecule has 212 valence electrons. The molecule has 3 N–H and O–H groups in total. The first-order valence-corrected chi connectivity index (χ1v) is 15.5. The summed E-state index contributed by atoms with van der Waals surface area (Å²) in [6.45, 7) is 7.51. The zero-order valence-electron chi connectivity index (χ0n) is 23.7. The third-order valence-electron chi connectivity index (χ3n) is 8.94. The highest BCUT2D eigenvalue weighted by atomic mass is 32.2. The second-order valence-corrected chi connectivity index (χ2v) is 14.5. The minimum atomic E-state index is -1.18. The van der Waals surface area contributed by atoms with Gasteiger partial charge in [-0.2, -0.15) is 10.1 Å². The summed E-state index contributed by atoms with van der Waals surface area (Å²) in [5.41, 5.74) is 6.43. The van der Waals surface area contributed by atoms with Crippen LogP contribution in [0.15, 0.2) is 53.5 Å². The van der Waals surface area contributed by atoms with Crippen molar-refractivity contribution in [1.82, 2.24) is 29.9 Å². The summed E-state index contributed by atoms with van der Waals surface area (Å²) < 4.78 is 16.4. The third kappa shape index (κ3) is 4.49. The maximum absolute atomic E-state index is 13.5. The van der Waals surface area contributed by atoms with Crippen LogP contribution in [-0.2, 0) is 24.2 Å². The van der Waals surface area contributed by atoms with E-state index in [0.717, 1.165) is 62.0 Å². The van der Waals surface area contributed by atoms with Gasteiger partial charge in [-0.05, 0) is 70.1 Å². The number of benzene rings is 1. The standard InChI is InChI=1S/C31H35N7O2S/c1-30(2,3)41(40)37-26-20-9-5-4-8-19(20)18-31(26)13-16-38(17-14-31)29-33-27-24(28(39)34-29)25(35-36-27)22-10-6-12-23-21(22)11-7-15-32-23/h4-5,7-11,15,26,37H,6,12-14,16-18H2,1-3H3,(H2,33,34,35,36,39)/t26-,41?/m1/s1. The lowest BCUT2D eigenvalue weighted by molar-refractivity contribution is 0.175. The minimum Gasteiger partial charge on any atom is -0.598 e. The second kappa shape index (κ2) is 9.82. The number of rotatable bonds is 4. The van der Waals surface area contributed by atoms with Crippen molar-refractivity contribution < 1.29 is 4.55 Å². The maximum atomic E-state index is 13.5. The van der Waals surface area contributed by atoms with Crippen LogP contribution in [0.1, 0.15) is 74.2 Å². The molecule has 1 fully saturated rings. The summed E-state index contributed by atoms with van der Waals surface area (Å²) in [5.74, 6) is 0.561. The predicted octanol–water partition coefficient (Wildman–Crippen LogP) is 4.35. The molecule has 0 radical (unpaired) electrons. The SMILES string of the molecule is CC(C)(C)[S+]([O-])N[C@@H]1c2ccccc2CC12CCN(c1nc3[nH]nc(C4=CCCc5ncccc54)c3c(=O)[nH]1)CC2. The van der Waals surface area contributed by atoms with Crippen LogP contribution in [-0.4, -0.2) is 47.5 Å². The molecule has 1 aromatic carbocycles. The van der Waals surface area contributed by atoms with Crippen molar-refractivity contribution in [2.75, 3.05) is 18.0 Å². The van der Waals surface area contributed by atoms with E-state index < -0.39 is 11.4 Å². The fourth-order valence-corrected chi connectivity index (χ4v) is 7.68. The van der Waals surface area contributed by atoms with E-state index in [1.165, 1.54) is 11.1 Å². The van der Waals surface area contributed by atoms with Crippen molar-refractivity contribution in [3.8, 4) is 0 Å². The van der Waals surface area contributed by atoms with Crippen LogP contribution in [0.2, 0.25) is 0 Å². The fraction of sp³-hybridized carbons (Fsp3) is 0.419. The molecule has 1 spiro atoms. The molecule has 41 heavy (non-hydrogen) atoms. The van der Waals surface area contributed by atoms with Gasteiger partial charge in [-0.3, -0.25) is 19.9 Å². The number of nitrogens with one attached hydrogen (secondary N) is 3. The maximum Gasteiger partial charge on any atom is 0.264 e. The normalized spacial score (nSPS) is 20.6. The van der Waals surface area contributed by atoms with Gasteiger partial charge in [0.05, 0.1) is 6.04 Å². The van der Waals surface area contributed by atoms with E-state index >= 15 is 0 Å². The molecule has 4 heterocycles. The Morgan fingerprint density at radius 3 is 2.76 bits per heavy atom. The Labute approximate surface area is 242 Å². The molecule has 10 heteroatoms. The van der Waals surface area contributed by atoms with Gasteiger partial charge in [-0.15, -0.1) is 4.72 Å². The van der Waals surface area contributed by atoms with Crippen molar-refractivity contribution in [2.24, 2.45) is 5.41 Å². The Morgan fingerprint density at radius 1 is 1.15 bits per heavy atom. The molecule has 2 aliphatic carbocycles. The number of fused-ring (bicyclic) bond motifs is 3. The van der Waals surface area contributed by atoms with Crippen molar-refractivity contribution in [3.63, 3.8) is 0 Å². The lowest BCUT2D eigenvalue weighted by Gasteiger charge is -2.44. The lowest BCUT2D eigenvalue weighted by atomic mass is 9.73. The highest BCUT2D eigenvalue weighted by molar-refractivity contribution is 7.90. The van der Waals surface area contributed by atoms with Crippen LogP contribution < -0.4 is 15.2 Å². The highest BCUT2D eigenvalue weighted by Gasteiger charge is 2.50. The number of aromatic amines is 2. The van der Waals surface area contributed by atoms with E-state index in [-0.39, 0.29) is 21.8 Å². The van der Waals surface area contributed by atoms with E-state index in [1.54, 1.807) is 6.20 Å². The molecular weight excluding hydrogens is 534 g/mol. The van der Waals surface area contributed by atoms with Crippen LogP contribution in [0, 0.1) is 5.41 Å². The highest BCUT2D eigenvalue weighted by Crippen LogP contribution is 2.52. The molecule has 0 amide bonds. The van der Waals surface area contributed by atoms with Gasteiger partial charge < -0.3 is 9.45 Å². The van der Waals surface area contributed by atoms with E-state index in [2.05, 4.69) is 60.1 Å². The topological polar surface area (TPSA) is 126 Å². The van der Waals surface area contributed by atoms with Gasteiger partial charge in [0.25, 0.3) is 5.56 Å². The summed E-state index contributed by atoms with van der Waals surface area (Å²) in [5, 5.41) is 8.05. The Kier molecular flexibility index (Phi) is 6.33. The van der Waals surface area contributed by atoms with Crippen LogP contribution >= 0.6 is 0 Å². The van der Waals surface area contributed by atoms with Crippen LogP contribution in [0.4, 0.5) is 5.95 Å². The van der Waals surface area contributed by atoms with Crippen LogP contribution in [0.5, 0.6) is 0 Å². The molecule has 4 aromatic rings.